The van der Waals surface area contributed by atoms with Crippen LogP contribution in [0.15, 0.2) is 33.7 Å². The number of guanidine groups is 1. The van der Waals surface area contributed by atoms with Crippen LogP contribution in [0.5, 0.6) is 0 Å². The molecule has 2 N–H and O–H groups in total. The number of aryl methyl sites for hydroxylation is 1. The van der Waals surface area contributed by atoms with E-state index in [1.807, 2.05) is 18.2 Å². The highest BCUT2D eigenvalue weighted by atomic mass is 127. The number of aliphatic imine (C=N–C) groups is 1. The third-order valence-electron chi connectivity index (χ3n) is 4.84. The van der Waals surface area contributed by atoms with E-state index in [9.17, 15) is 0 Å². The molecule has 138 valence electrons. The molecule has 1 aromatic heterocycles. The van der Waals surface area contributed by atoms with E-state index in [1.165, 1.54) is 30.3 Å². The first-order chi connectivity index (χ1) is 11.7. The van der Waals surface area contributed by atoms with Gasteiger partial charge in [-0.15, -0.1) is 24.0 Å². The summed E-state index contributed by atoms with van der Waals surface area (Å²) in [6.07, 6.45) is 2.54. The Morgan fingerprint density at radius 2 is 2.12 bits per heavy atom. The van der Waals surface area contributed by atoms with Crippen molar-refractivity contribution >= 4 is 40.9 Å². The average Bonchev–Trinajstić information content (AvgIpc) is 3.14. The minimum absolute atomic E-state index is 0. The van der Waals surface area contributed by atoms with Gasteiger partial charge in [-0.1, -0.05) is 18.2 Å². The summed E-state index contributed by atoms with van der Waals surface area (Å²) < 4.78 is 5.95. The van der Waals surface area contributed by atoms with Crippen molar-refractivity contribution in [1.82, 2.24) is 15.5 Å². The molecule has 1 aliphatic rings. The number of furan rings is 1. The molecule has 3 rings (SSSR count). The predicted octanol–water partition coefficient (Wildman–Crippen LogP) is 3.51. The van der Waals surface area contributed by atoms with E-state index >= 15 is 0 Å². The lowest BCUT2D eigenvalue weighted by molar-refractivity contribution is 0.309. The quantitative estimate of drug-likeness (QED) is 0.411. The fourth-order valence-electron chi connectivity index (χ4n) is 3.32. The summed E-state index contributed by atoms with van der Waals surface area (Å²) in [7, 11) is 2.20. The fraction of sp³-hybridized carbons (Fsp3) is 0.526. The number of fused-ring (bicyclic) bond motifs is 1. The van der Waals surface area contributed by atoms with Crippen molar-refractivity contribution in [3.05, 3.63) is 35.6 Å². The molecule has 0 saturated carbocycles. The zero-order valence-corrected chi connectivity index (χ0v) is 17.7. The highest BCUT2D eigenvalue weighted by Crippen LogP contribution is 2.25. The van der Waals surface area contributed by atoms with Gasteiger partial charge < -0.3 is 20.0 Å². The second-order valence-corrected chi connectivity index (χ2v) is 6.50. The third kappa shape index (κ3) is 4.88. The topological polar surface area (TPSA) is 52.8 Å². The van der Waals surface area contributed by atoms with Gasteiger partial charge >= 0.3 is 0 Å². The maximum Gasteiger partial charge on any atom is 0.191 e. The summed E-state index contributed by atoms with van der Waals surface area (Å²) >= 11 is 0. The second kappa shape index (κ2) is 9.43. The summed E-state index contributed by atoms with van der Waals surface area (Å²) in [5.41, 5.74) is 2.12. The Morgan fingerprint density at radius 3 is 2.80 bits per heavy atom. The molecule has 1 atom stereocenters. The van der Waals surface area contributed by atoms with Crippen molar-refractivity contribution in [3.8, 4) is 0 Å². The Morgan fingerprint density at radius 1 is 1.32 bits per heavy atom. The average molecular weight is 456 g/mol. The van der Waals surface area contributed by atoms with Crippen molar-refractivity contribution in [1.29, 1.82) is 0 Å². The fourth-order valence-corrected chi connectivity index (χ4v) is 3.32. The molecular weight excluding hydrogens is 427 g/mol. The molecule has 0 spiro atoms. The van der Waals surface area contributed by atoms with Crippen LogP contribution in [0.25, 0.3) is 11.0 Å². The SMILES string of the molecule is CCNC(=NCc1oc2ccccc2c1C)NCC1CCCN1C.I. The molecule has 1 saturated heterocycles. The van der Waals surface area contributed by atoms with E-state index < -0.39 is 0 Å². The molecule has 2 aromatic rings. The van der Waals surface area contributed by atoms with Crippen LogP contribution in [0.4, 0.5) is 0 Å². The molecule has 5 nitrogen and oxygen atoms in total. The van der Waals surface area contributed by atoms with Crippen LogP contribution in [0.3, 0.4) is 0 Å². The number of hydrogen-bond acceptors (Lipinski definition) is 3. The lowest BCUT2D eigenvalue weighted by atomic mass is 10.1. The van der Waals surface area contributed by atoms with Gasteiger partial charge in [-0.05, 0) is 46.3 Å². The van der Waals surface area contributed by atoms with Gasteiger partial charge in [0.1, 0.15) is 17.9 Å². The van der Waals surface area contributed by atoms with Crippen LogP contribution < -0.4 is 10.6 Å². The Bertz CT molecular complexity index is 713. The van der Waals surface area contributed by atoms with Gasteiger partial charge in [0.25, 0.3) is 0 Å². The Labute approximate surface area is 167 Å². The van der Waals surface area contributed by atoms with Gasteiger partial charge in [0.2, 0.25) is 0 Å². The standard InChI is InChI=1S/C19H28N4O.HI/c1-4-20-19(21-12-15-8-7-11-23(15)3)22-13-18-14(2)16-9-5-6-10-17(16)24-18;/h5-6,9-10,15H,4,7-8,11-13H2,1-3H3,(H2,20,21,22);1H. The van der Waals surface area contributed by atoms with E-state index in [2.05, 4.69) is 42.5 Å². The van der Waals surface area contributed by atoms with Gasteiger partial charge in [0.15, 0.2) is 5.96 Å². The number of rotatable bonds is 5. The molecule has 1 aromatic carbocycles. The lowest BCUT2D eigenvalue weighted by Crippen LogP contribution is -2.44. The van der Waals surface area contributed by atoms with E-state index in [4.69, 9.17) is 9.41 Å². The first-order valence-corrected chi connectivity index (χ1v) is 8.88. The molecule has 0 aliphatic carbocycles. The summed E-state index contributed by atoms with van der Waals surface area (Å²) in [6, 6.07) is 8.75. The Hall–Kier alpha value is -1.28. The van der Waals surface area contributed by atoms with Crippen LogP contribution in [0.2, 0.25) is 0 Å². The minimum Gasteiger partial charge on any atom is -0.459 e. The van der Waals surface area contributed by atoms with Crippen LogP contribution in [-0.2, 0) is 6.54 Å². The van der Waals surface area contributed by atoms with Crippen LogP contribution in [-0.4, -0.2) is 43.6 Å². The number of benzene rings is 1. The summed E-state index contributed by atoms with van der Waals surface area (Å²) in [5.74, 6) is 1.80. The number of likely N-dealkylation sites (N-methyl/N-ethyl adjacent to an activating group) is 1. The van der Waals surface area contributed by atoms with Gasteiger partial charge in [0, 0.05) is 30.1 Å². The van der Waals surface area contributed by atoms with Gasteiger partial charge in [-0.2, -0.15) is 0 Å². The van der Waals surface area contributed by atoms with Gasteiger partial charge in [-0.25, -0.2) is 4.99 Å². The second-order valence-electron chi connectivity index (χ2n) is 6.50. The number of para-hydroxylation sites is 1. The molecule has 6 heteroatoms. The Kier molecular flexibility index (Phi) is 7.56. The summed E-state index contributed by atoms with van der Waals surface area (Å²) in [6.45, 7) is 7.72. The van der Waals surface area contributed by atoms with Crippen molar-refractivity contribution in [3.63, 3.8) is 0 Å². The minimum atomic E-state index is 0. The van der Waals surface area contributed by atoms with E-state index in [0.717, 1.165) is 30.4 Å². The lowest BCUT2D eigenvalue weighted by Gasteiger charge is -2.21. The molecule has 0 radical (unpaired) electrons. The maximum absolute atomic E-state index is 5.95. The van der Waals surface area contributed by atoms with Crippen LogP contribution in [0.1, 0.15) is 31.1 Å². The number of nitrogens with zero attached hydrogens (tertiary/aromatic N) is 2. The zero-order chi connectivity index (χ0) is 16.9. The number of likely N-dealkylation sites (tertiary alicyclic amines) is 1. The highest BCUT2D eigenvalue weighted by Gasteiger charge is 2.20. The van der Waals surface area contributed by atoms with Crippen molar-refractivity contribution in [2.24, 2.45) is 4.99 Å². The molecule has 1 fully saturated rings. The molecular formula is C19H29IN4O. The van der Waals surface area contributed by atoms with E-state index in [-0.39, 0.29) is 24.0 Å². The maximum atomic E-state index is 5.95. The van der Waals surface area contributed by atoms with E-state index in [1.54, 1.807) is 0 Å². The van der Waals surface area contributed by atoms with Crippen LogP contribution in [0, 0.1) is 6.92 Å². The van der Waals surface area contributed by atoms with Gasteiger partial charge in [0.05, 0.1) is 0 Å². The first-order valence-electron chi connectivity index (χ1n) is 8.88. The molecule has 2 heterocycles. The smallest absolute Gasteiger partial charge is 0.191 e. The number of nitrogens with one attached hydrogen (secondary N) is 2. The monoisotopic (exact) mass is 456 g/mol. The van der Waals surface area contributed by atoms with Crippen molar-refractivity contribution in [2.45, 2.75) is 39.3 Å². The first kappa shape index (κ1) is 20.0. The zero-order valence-electron chi connectivity index (χ0n) is 15.3. The van der Waals surface area contributed by atoms with Crippen LogP contribution >= 0.6 is 24.0 Å². The normalized spacial score (nSPS) is 18.4. The summed E-state index contributed by atoms with van der Waals surface area (Å²) in [5, 5.41) is 7.97. The molecule has 0 amide bonds. The Balaban J connectivity index is 0.00000225. The molecule has 1 aliphatic heterocycles. The van der Waals surface area contributed by atoms with Gasteiger partial charge in [-0.3, -0.25) is 0 Å². The van der Waals surface area contributed by atoms with Crippen molar-refractivity contribution < 1.29 is 4.42 Å². The number of hydrogen-bond donors (Lipinski definition) is 2. The highest BCUT2D eigenvalue weighted by molar-refractivity contribution is 14.0. The predicted molar refractivity (Wildman–Crippen MR) is 115 cm³/mol. The number of halogens is 1. The molecule has 25 heavy (non-hydrogen) atoms. The molecule has 0 bridgehead atoms. The third-order valence-corrected chi connectivity index (χ3v) is 4.84. The summed E-state index contributed by atoms with van der Waals surface area (Å²) in [4.78, 5) is 7.12. The molecule has 1 unspecified atom stereocenters. The van der Waals surface area contributed by atoms with E-state index in [0.29, 0.717) is 12.6 Å². The van der Waals surface area contributed by atoms with Crippen molar-refractivity contribution in [2.75, 3.05) is 26.7 Å². The largest absolute Gasteiger partial charge is 0.459 e.